The summed E-state index contributed by atoms with van der Waals surface area (Å²) in [5.74, 6) is -0.0968. The lowest BCUT2D eigenvalue weighted by Crippen LogP contribution is -2.39. The van der Waals surface area contributed by atoms with Crippen LogP contribution in [0.2, 0.25) is 0 Å². The number of hydrogen-bond donors (Lipinski definition) is 0. The van der Waals surface area contributed by atoms with Gasteiger partial charge in [-0.25, -0.2) is 4.90 Å². The van der Waals surface area contributed by atoms with Crippen molar-refractivity contribution < 1.29 is 9.59 Å². The number of tetrazole rings is 1. The number of aromatic nitrogens is 4. The fourth-order valence-corrected chi connectivity index (χ4v) is 3.62. The molecular weight excluding hydrogens is 384 g/mol. The van der Waals surface area contributed by atoms with Gasteiger partial charge in [-0.05, 0) is 29.8 Å². The van der Waals surface area contributed by atoms with E-state index < -0.39 is 12.1 Å². The molecule has 5 rings (SSSR count). The minimum atomic E-state index is -0.801. The van der Waals surface area contributed by atoms with Crippen LogP contribution in [0.5, 0.6) is 0 Å². The molecule has 2 aliphatic rings. The fourth-order valence-electron chi connectivity index (χ4n) is 3.62. The van der Waals surface area contributed by atoms with Gasteiger partial charge in [0.05, 0.1) is 18.8 Å². The van der Waals surface area contributed by atoms with Crippen molar-refractivity contribution in [1.29, 1.82) is 0 Å². The second kappa shape index (κ2) is 7.14. The predicted octanol–water partition coefficient (Wildman–Crippen LogP) is 1.85. The fraction of sp³-hybridized carbons (Fsp3) is 0.250. The number of nitrogens with zero attached hydrogens (tertiary/aromatic N) is 8. The normalized spacial score (nSPS) is 20.3. The molecule has 0 radical (unpaired) electrons. The van der Waals surface area contributed by atoms with Crippen LogP contribution in [0.25, 0.3) is 11.4 Å². The van der Waals surface area contributed by atoms with Gasteiger partial charge in [0, 0.05) is 5.56 Å². The lowest BCUT2D eigenvalue weighted by molar-refractivity contribution is -0.123. The molecule has 3 heterocycles. The molecule has 0 N–H and O–H groups in total. The number of hydrogen-bond acceptors (Lipinski definition) is 8. The van der Waals surface area contributed by atoms with Crippen LogP contribution in [0.15, 0.2) is 64.9 Å². The minimum Gasteiger partial charge on any atom is -0.271 e. The van der Waals surface area contributed by atoms with Gasteiger partial charge < -0.3 is 0 Å². The quantitative estimate of drug-likeness (QED) is 0.603. The topological polar surface area (TPSA) is 109 Å². The maximum atomic E-state index is 13.0. The van der Waals surface area contributed by atoms with E-state index in [9.17, 15) is 9.59 Å². The van der Waals surface area contributed by atoms with Crippen molar-refractivity contribution in [3.63, 3.8) is 0 Å². The second-order valence-electron chi connectivity index (χ2n) is 7.04. The molecule has 10 nitrogen and oxygen atoms in total. The number of fused-ring (bicyclic) bond motifs is 1. The van der Waals surface area contributed by atoms with Gasteiger partial charge in [-0.1, -0.05) is 47.7 Å². The average molecular weight is 402 g/mol. The lowest BCUT2D eigenvalue weighted by atomic mass is 10.1. The number of rotatable bonds is 5. The van der Waals surface area contributed by atoms with Crippen LogP contribution in [-0.2, 0) is 22.7 Å². The standard InChI is InChI=1S/C20H18N8O2/c1-2-27-23-18(22-25-27)14-10-8-13(9-11-14)12-26-17-16(21-24-26)19(29)28(20(17)30)15-6-4-3-5-7-15/h3-11,16-17H,2,12H2,1H3. The molecule has 0 aliphatic carbocycles. The van der Waals surface area contributed by atoms with E-state index in [4.69, 9.17) is 0 Å². The molecular formula is C20H18N8O2. The van der Waals surface area contributed by atoms with E-state index in [2.05, 4.69) is 25.7 Å². The number of benzene rings is 2. The number of carbonyl (C=O) groups excluding carboxylic acids is 2. The number of anilines is 1. The summed E-state index contributed by atoms with van der Waals surface area (Å²) in [6.45, 7) is 2.96. The summed E-state index contributed by atoms with van der Waals surface area (Å²) >= 11 is 0. The van der Waals surface area contributed by atoms with Crippen LogP contribution < -0.4 is 4.90 Å². The molecule has 1 saturated heterocycles. The minimum absolute atomic E-state index is 0.307. The van der Waals surface area contributed by atoms with E-state index in [1.165, 1.54) is 9.70 Å². The maximum absolute atomic E-state index is 13.0. The van der Waals surface area contributed by atoms with Gasteiger partial charge in [-0.2, -0.15) is 9.91 Å². The number of imide groups is 1. The van der Waals surface area contributed by atoms with Gasteiger partial charge in [-0.15, -0.1) is 10.2 Å². The Hall–Kier alpha value is -3.95. The van der Waals surface area contributed by atoms with Crippen LogP contribution in [0.3, 0.4) is 0 Å². The highest BCUT2D eigenvalue weighted by molar-refractivity contribution is 6.25. The summed E-state index contributed by atoms with van der Waals surface area (Å²) in [5, 5.41) is 22.0. The van der Waals surface area contributed by atoms with E-state index in [0.29, 0.717) is 24.6 Å². The van der Waals surface area contributed by atoms with Crippen molar-refractivity contribution in [2.24, 2.45) is 10.3 Å². The van der Waals surface area contributed by atoms with Crippen LogP contribution in [-0.4, -0.2) is 49.1 Å². The van der Waals surface area contributed by atoms with E-state index >= 15 is 0 Å². The molecule has 1 aromatic heterocycles. The van der Waals surface area contributed by atoms with E-state index in [1.807, 2.05) is 37.3 Å². The van der Waals surface area contributed by atoms with Crippen LogP contribution >= 0.6 is 0 Å². The number of para-hydroxylation sites is 1. The molecule has 0 spiro atoms. The molecule has 1 fully saturated rings. The highest BCUT2D eigenvalue weighted by atomic mass is 16.2. The third kappa shape index (κ3) is 2.93. The van der Waals surface area contributed by atoms with Crippen molar-refractivity contribution in [3.05, 3.63) is 60.2 Å². The summed E-state index contributed by atoms with van der Waals surface area (Å²) < 4.78 is 0. The van der Waals surface area contributed by atoms with E-state index in [1.54, 1.807) is 29.3 Å². The Morgan fingerprint density at radius 2 is 1.73 bits per heavy atom. The third-order valence-electron chi connectivity index (χ3n) is 5.16. The third-order valence-corrected chi connectivity index (χ3v) is 5.16. The lowest BCUT2D eigenvalue weighted by Gasteiger charge is -2.20. The molecule has 2 aromatic carbocycles. The van der Waals surface area contributed by atoms with Crippen molar-refractivity contribution in [3.8, 4) is 11.4 Å². The molecule has 3 aromatic rings. The summed E-state index contributed by atoms with van der Waals surface area (Å²) in [6.07, 6.45) is 0. The van der Waals surface area contributed by atoms with E-state index in [-0.39, 0.29) is 11.8 Å². The van der Waals surface area contributed by atoms with Crippen LogP contribution in [0.1, 0.15) is 12.5 Å². The highest BCUT2D eigenvalue weighted by Gasteiger charge is 2.54. The van der Waals surface area contributed by atoms with Crippen molar-refractivity contribution in [2.45, 2.75) is 32.1 Å². The molecule has 2 unspecified atom stereocenters. The first-order valence-corrected chi connectivity index (χ1v) is 9.63. The van der Waals surface area contributed by atoms with Crippen molar-refractivity contribution in [1.82, 2.24) is 25.2 Å². The Bertz CT molecular complexity index is 1130. The first-order chi connectivity index (χ1) is 14.7. The zero-order valence-corrected chi connectivity index (χ0v) is 16.2. The Morgan fingerprint density at radius 1 is 0.967 bits per heavy atom. The van der Waals surface area contributed by atoms with Gasteiger partial charge >= 0.3 is 0 Å². The molecule has 0 bridgehead atoms. The zero-order chi connectivity index (χ0) is 20.7. The van der Waals surface area contributed by atoms with Crippen LogP contribution in [0, 0.1) is 0 Å². The molecule has 2 aliphatic heterocycles. The molecule has 2 atom stereocenters. The van der Waals surface area contributed by atoms with Crippen molar-refractivity contribution >= 4 is 17.5 Å². The van der Waals surface area contributed by atoms with E-state index in [0.717, 1.165) is 11.1 Å². The number of amides is 2. The first-order valence-electron chi connectivity index (χ1n) is 9.63. The molecule has 2 amide bonds. The van der Waals surface area contributed by atoms with Gasteiger partial charge in [0.25, 0.3) is 11.8 Å². The second-order valence-corrected chi connectivity index (χ2v) is 7.04. The van der Waals surface area contributed by atoms with Gasteiger partial charge in [0.2, 0.25) is 5.82 Å². The highest BCUT2D eigenvalue weighted by Crippen LogP contribution is 2.32. The molecule has 30 heavy (non-hydrogen) atoms. The number of carbonyl (C=O) groups is 2. The smallest absolute Gasteiger partial charge is 0.263 e. The Kier molecular flexibility index (Phi) is 4.31. The van der Waals surface area contributed by atoms with Gasteiger partial charge in [-0.3, -0.25) is 14.6 Å². The predicted molar refractivity (Wildman–Crippen MR) is 106 cm³/mol. The van der Waals surface area contributed by atoms with Crippen molar-refractivity contribution in [2.75, 3.05) is 4.90 Å². The summed E-state index contributed by atoms with van der Waals surface area (Å²) in [7, 11) is 0. The van der Waals surface area contributed by atoms with Crippen LogP contribution in [0.4, 0.5) is 5.69 Å². The molecule has 150 valence electrons. The van der Waals surface area contributed by atoms with Gasteiger partial charge in [0.15, 0.2) is 12.1 Å². The monoisotopic (exact) mass is 402 g/mol. The summed E-state index contributed by atoms with van der Waals surface area (Å²) in [4.78, 5) is 28.4. The Balaban J connectivity index is 1.33. The summed E-state index contributed by atoms with van der Waals surface area (Å²) in [6, 6.07) is 15.0. The Morgan fingerprint density at radius 3 is 2.43 bits per heavy atom. The molecule has 0 saturated carbocycles. The zero-order valence-electron chi connectivity index (χ0n) is 16.2. The van der Waals surface area contributed by atoms with Gasteiger partial charge in [0.1, 0.15) is 0 Å². The maximum Gasteiger partial charge on any atom is 0.263 e. The average Bonchev–Trinajstić information content (AvgIpc) is 3.47. The summed E-state index contributed by atoms with van der Waals surface area (Å²) in [5.41, 5.74) is 2.33. The Labute approximate surface area is 171 Å². The number of aryl methyl sites for hydroxylation is 1. The largest absolute Gasteiger partial charge is 0.271 e. The molecule has 10 heteroatoms. The SMILES string of the molecule is CCn1nnc(-c2ccc(CN3N=NC4C(=O)N(c5ccccc5)C(=O)C43)cc2)n1. The first kappa shape index (κ1) is 18.1.